The van der Waals surface area contributed by atoms with Gasteiger partial charge in [0.15, 0.2) is 0 Å². The number of nitrogens with zero attached hydrogens (tertiary/aromatic N) is 1. The second-order valence-electron chi connectivity index (χ2n) is 10.7. The Morgan fingerprint density at radius 3 is 2.36 bits per heavy atom. The molecule has 0 fully saturated rings. The van der Waals surface area contributed by atoms with Gasteiger partial charge >= 0.3 is 0 Å². The second-order valence-corrected chi connectivity index (χ2v) is 11.8. The molecule has 2 unspecified atom stereocenters. The summed E-state index contributed by atoms with van der Waals surface area (Å²) in [6.07, 6.45) is -0.0410. The van der Waals surface area contributed by atoms with Crippen LogP contribution in [0.5, 0.6) is 0 Å². The number of rotatable bonds is 13. The Bertz CT molecular complexity index is 1450. The first-order chi connectivity index (χ1) is 20.2. The highest BCUT2D eigenvalue weighted by atomic mass is 32.2. The van der Waals surface area contributed by atoms with Crippen molar-refractivity contribution in [3.63, 3.8) is 0 Å². The molecule has 0 saturated carbocycles. The third-order valence-electron chi connectivity index (χ3n) is 6.79. The predicted octanol–water partition coefficient (Wildman–Crippen LogP) is 7.09. The average Bonchev–Trinajstić information content (AvgIpc) is 2.97. The molecule has 0 aliphatic heterocycles. The minimum Gasteiger partial charge on any atom is -0.399 e. The molecule has 0 radical (unpaired) electrons. The molecule has 42 heavy (non-hydrogen) atoms. The van der Waals surface area contributed by atoms with Crippen molar-refractivity contribution in [3.8, 4) is 0 Å². The normalized spacial score (nSPS) is 12.8. The molecular formula is C33H37FN4O3S. The van der Waals surface area contributed by atoms with Gasteiger partial charge in [0, 0.05) is 35.2 Å². The summed E-state index contributed by atoms with van der Waals surface area (Å²) in [5.41, 5.74) is 15.2. The van der Waals surface area contributed by atoms with Crippen LogP contribution in [0.3, 0.4) is 0 Å². The first kappa shape index (κ1) is 31.1. The van der Waals surface area contributed by atoms with Crippen LogP contribution < -0.4 is 16.8 Å². The Hall–Kier alpha value is -3.89. The van der Waals surface area contributed by atoms with Crippen LogP contribution >= 0.6 is 11.9 Å². The van der Waals surface area contributed by atoms with Gasteiger partial charge in [-0.15, -0.1) is 0 Å². The van der Waals surface area contributed by atoms with Gasteiger partial charge in [0.25, 0.3) is 5.91 Å². The molecule has 7 nitrogen and oxygen atoms in total. The number of amides is 1. The van der Waals surface area contributed by atoms with Gasteiger partial charge in [0.05, 0.1) is 11.4 Å². The Morgan fingerprint density at radius 1 is 0.952 bits per heavy atom. The van der Waals surface area contributed by atoms with Crippen molar-refractivity contribution in [1.82, 2.24) is 4.31 Å². The summed E-state index contributed by atoms with van der Waals surface area (Å²) in [6.45, 7) is 5.46. The second kappa shape index (κ2) is 14.8. The molecule has 2 atom stereocenters. The minimum absolute atomic E-state index is 0.138. The molecule has 1 amide bonds. The van der Waals surface area contributed by atoms with Gasteiger partial charge in [-0.2, -0.15) is 0 Å². The summed E-state index contributed by atoms with van der Waals surface area (Å²) >= 11 is 1.58. The zero-order valence-electron chi connectivity index (χ0n) is 23.7. The van der Waals surface area contributed by atoms with Gasteiger partial charge in [0.2, 0.25) is 0 Å². The van der Waals surface area contributed by atoms with Crippen molar-refractivity contribution in [1.29, 1.82) is 0 Å². The van der Waals surface area contributed by atoms with E-state index in [4.69, 9.17) is 16.4 Å². The van der Waals surface area contributed by atoms with Crippen LogP contribution in [0.4, 0.5) is 21.5 Å². The van der Waals surface area contributed by atoms with E-state index in [0.29, 0.717) is 35.8 Å². The van der Waals surface area contributed by atoms with Crippen LogP contribution in [0.2, 0.25) is 0 Å². The molecule has 4 aromatic rings. The topological polar surface area (TPSA) is 114 Å². The Balaban J connectivity index is 1.63. The van der Waals surface area contributed by atoms with Gasteiger partial charge < -0.3 is 16.8 Å². The maximum absolute atomic E-state index is 13.5. The summed E-state index contributed by atoms with van der Waals surface area (Å²) in [7, 11) is 0. The number of halogens is 1. The van der Waals surface area contributed by atoms with Crippen LogP contribution in [-0.4, -0.2) is 34.7 Å². The van der Waals surface area contributed by atoms with Crippen molar-refractivity contribution in [3.05, 3.63) is 120 Å². The SMILES string of the molecule is CC(C)CN(CC(OO)C(Cc1ccccc1)c1cccc(C(=O)Nc2ccc(F)cc2N)c1)Sc1ccc(N)cc1. The number of nitrogen functional groups attached to an aromatic ring is 2. The fourth-order valence-corrected chi connectivity index (χ4v) is 5.90. The fourth-order valence-electron chi connectivity index (χ4n) is 4.75. The molecule has 4 aromatic carbocycles. The van der Waals surface area contributed by atoms with Gasteiger partial charge in [-0.1, -0.05) is 56.3 Å². The first-order valence-corrected chi connectivity index (χ1v) is 14.6. The number of anilines is 3. The zero-order chi connectivity index (χ0) is 30.1. The summed E-state index contributed by atoms with van der Waals surface area (Å²) in [5, 5.41) is 13.0. The number of nitrogens with two attached hydrogens (primary N) is 2. The highest BCUT2D eigenvalue weighted by Gasteiger charge is 2.29. The van der Waals surface area contributed by atoms with Crippen molar-refractivity contribution in [2.75, 3.05) is 29.9 Å². The quantitative estimate of drug-likeness (QED) is 0.0571. The average molecular weight is 589 g/mol. The van der Waals surface area contributed by atoms with Crippen molar-refractivity contribution in [2.45, 2.75) is 37.2 Å². The van der Waals surface area contributed by atoms with E-state index in [1.165, 1.54) is 12.1 Å². The fraction of sp³-hybridized carbons (Fsp3) is 0.242. The minimum atomic E-state index is -0.615. The molecule has 4 rings (SSSR count). The maximum atomic E-state index is 13.5. The molecule has 9 heteroatoms. The van der Waals surface area contributed by atoms with Gasteiger partial charge in [-0.25, -0.2) is 13.6 Å². The molecule has 0 aromatic heterocycles. The van der Waals surface area contributed by atoms with E-state index < -0.39 is 11.9 Å². The number of nitrogens with one attached hydrogen (secondary N) is 1. The largest absolute Gasteiger partial charge is 0.399 e. The van der Waals surface area contributed by atoms with E-state index in [9.17, 15) is 14.4 Å². The lowest BCUT2D eigenvalue weighted by Crippen LogP contribution is -2.36. The number of hydrogen-bond donors (Lipinski definition) is 4. The number of hydrogen-bond acceptors (Lipinski definition) is 7. The molecule has 0 aliphatic carbocycles. The molecule has 0 saturated heterocycles. The number of carbonyl (C=O) groups is 1. The molecule has 0 bridgehead atoms. The van der Waals surface area contributed by atoms with E-state index in [0.717, 1.165) is 28.6 Å². The zero-order valence-corrected chi connectivity index (χ0v) is 24.6. The summed E-state index contributed by atoms with van der Waals surface area (Å²) in [5.74, 6) is -0.783. The van der Waals surface area contributed by atoms with Crippen LogP contribution in [0, 0.1) is 11.7 Å². The lowest BCUT2D eigenvalue weighted by molar-refractivity contribution is -0.284. The third-order valence-corrected chi connectivity index (χ3v) is 7.83. The summed E-state index contributed by atoms with van der Waals surface area (Å²) in [6, 6.07) is 28.7. The Morgan fingerprint density at radius 2 is 1.69 bits per heavy atom. The van der Waals surface area contributed by atoms with Crippen molar-refractivity contribution < 1.29 is 19.3 Å². The monoisotopic (exact) mass is 588 g/mol. The number of carbonyl (C=O) groups excluding carboxylic acids is 1. The van der Waals surface area contributed by atoms with Gasteiger partial charge in [0.1, 0.15) is 11.9 Å². The van der Waals surface area contributed by atoms with Crippen LogP contribution in [0.1, 0.15) is 41.3 Å². The highest BCUT2D eigenvalue weighted by molar-refractivity contribution is 7.97. The molecule has 0 spiro atoms. The Labute approximate surface area is 250 Å². The van der Waals surface area contributed by atoms with E-state index in [1.807, 2.05) is 60.7 Å². The lowest BCUT2D eigenvalue weighted by Gasteiger charge is -2.31. The smallest absolute Gasteiger partial charge is 0.255 e. The highest BCUT2D eigenvalue weighted by Crippen LogP contribution is 2.32. The summed E-state index contributed by atoms with van der Waals surface area (Å²) in [4.78, 5) is 19.4. The van der Waals surface area contributed by atoms with Gasteiger partial charge in [-0.3, -0.25) is 10.1 Å². The van der Waals surface area contributed by atoms with Crippen LogP contribution in [0.15, 0.2) is 102 Å². The number of benzene rings is 4. The van der Waals surface area contributed by atoms with Crippen LogP contribution in [0.25, 0.3) is 0 Å². The van der Waals surface area contributed by atoms with E-state index in [1.54, 1.807) is 30.1 Å². The predicted molar refractivity (Wildman–Crippen MR) is 169 cm³/mol. The molecule has 220 valence electrons. The van der Waals surface area contributed by atoms with Gasteiger partial charge in [-0.05, 0) is 90.0 Å². The molecule has 0 heterocycles. The first-order valence-electron chi connectivity index (χ1n) is 13.8. The molecule has 0 aliphatic rings. The van der Waals surface area contributed by atoms with Crippen LogP contribution in [-0.2, 0) is 11.3 Å². The summed E-state index contributed by atoms with van der Waals surface area (Å²) < 4.78 is 15.7. The standard InChI is InChI=1S/C33H37FN4O3S/c1-22(2)20-38(42-28-14-12-27(35)13-15-28)21-32(41-40)29(17-23-7-4-3-5-8-23)24-9-6-10-25(18-24)33(39)37-31-16-11-26(34)19-30(31)36/h3-16,18-19,22,29,32,40H,17,20-21,35-36H2,1-2H3,(H,37,39). The maximum Gasteiger partial charge on any atom is 0.255 e. The van der Waals surface area contributed by atoms with E-state index >= 15 is 0 Å². The van der Waals surface area contributed by atoms with Crippen molar-refractivity contribution >= 4 is 34.9 Å². The van der Waals surface area contributed by atoms with Crippen molar-refractivity contribution in [2.24, 2.45) is 5.92 Å². The lowest BCUT2D eigenvalue weighted by atomic mass is 9.86. The Kier molecular flexibility index (Phi) is 11.0. The van der Waals surface area contributed by atoms with E-state index in [-0.39, 0.29) is 17.5 Å². The molecule has 6 N–H and O–H groups in total. The third kappa shape index (κ3) is 8.80. The molecular weight excluding hydrogens is 551 g/mol. The van der Waals surface area contributed by atoms with E-state index in [2.05, 4.69) is 23.5 Å².